The lowest BCUT2D eigenvalue weighted by Crippen LogP contribution is -2.28. The molecule has 0 aliphatic rings. The molecule has 0 atom stereocenters. The third kappa shape index (κ3) is 7.29. The van der Waals surface area contributed by atoms with Crippen molar-refractivity contribution in [2.45, 2.75) is 40.5 Å². The summed E-state index contributed by atoms with van der Waals surface area (Å²) in [5, 5.41) is 4.32. The number of hydrogen-bond donors (Lipinski definition) is 3. The molecule has 0 saturated carbocycles. The predicted molar refractivity (Wildman–Crippen MR) is 119 cm³/mol. The van der Waals surface area contributed by atoms with Crippen LogP contribution in [0.1, 0.15) is 44.0 Å². The Morgan fingerprint density at radius 2 is 2.00 bits per heavy atom. The molecule has 0 fully saturated rings. The average molecular weight is 451 g/mol. The van der Waals surface area contributed by atoms with E-state index in [-0.39, 0.29) is 18.7 Å². The lowest BCUT2D eigenvalue weighted by atomic mass is 10.1. The molecule has 0 bridgehead atoms. The van der Waals surface area contributed by atoms with Gasteiger partial charge >= 0.3 is 5.69 Å². The van der Waals surface area contributed by atoms with Crippen molar-refractivity contribution in [2.24, 2.45) is 11.0 Å². The highest BCUT2D eigenvalue weighted by Gasteiger charge is 2.13. The topological polar surface area (TPSA) is 126 Å². The Hall–Kier alpha value is -3.07. The van der Waals surface area contributed by atoms with Crippen LogP contribution < -0.4 is 26.1 Å². The molecule has 2 aromatic rings. The van der Waals surface area contributed by atoms with Gasteiger partial charge in [-0.3, -0.25) is 14.6 Å². The number of aryl methyl sites for hydroxylation is 1. The number of halogens is 1. The van der Waals surface area contributed by atoms with E-state index in [0.717, 1.165) is 0 Å². The predicted octanol–water partition coefficient (Wildman–Crippen LogP) is 2.54. The van der Waals surface area contributed by atoms with E-state index in [1.807, 2.05) is 20.8 Å². The number of amides is 1. The molecule has 0 aliphatic heterocycles. The smallest absolute Gasteiger partial charge is 0.325 e. The maximum Gasteiger partial charge on any atom is 0.325 e. The first kappa shape index (κ1) is 24.2. The number of nitrogens with zero attached hydrogens (tertiary/aromatic N) is 1. The first-order valence-electron chi connectivity index (χ1n) is 9.94. The van der Waals surface area contributed by atoms with Crippen LogP contribution in [-0.2, 0) is 11.2 Å². The van der Waals surface area contributed by atoms with Crippen LogP contribution in [0.3, 0.4) is 0 Å². The summed E-state index contributed by atoms with van der Waals surface area (Å²) in [7, 11) is 0. The largest absolute Gasteiger partial charge is 0.490 e. The Labute approximate surface area is 184 Å². The highest BCUT2D eigenvalue weighted by molar-refractivity contribution is 6.32. The van der Waals surface area contributed by atoms with E-state index in [2.05, 4.69) is 20.5 Å². The fraction of sp³-hybridized carbons (Fsp3) is 0.429. The van der Waals surface area contributed by atoms with Crippen LogP contribution in [0.4, 0.5) is 0 Å². The molecule has 31 heavy (non-hydrogen) atoms. The number of carbonyl (C=O) groups excluding carboxylic acids is 1. The summed E-state index contributed by atoms with van der Waals surface area (Å²) >= 11 is 6.34. The number of ether oxygens (including phenoxy) is 2. The highest BCUT2D eigenvalue weighted by atomic mass is 35.5. The van der Waals surface area contributed by atoms with Crippen LogP contribution in [0, 0.1) is 12.8 Å². The maximum absolute atomic E-state index is 12.1. The quantitative estimate of drug-likeness (QED) is 0.379. The SMILES string of the molecule is CCOc1cc(/C=N/NC(=O)CCc2c(C)[nH]c(=O)[nH]c2=O)cc(Cl)c1OCC(C)C. The van der Waals surface area contributed by atoms with Crippen molar-refractivity contribution in [2.75, 3.05) is 13.2 Å². The third-order valence-corrected chi connectivity index (χ3v) is 4.43. The van der Waals surface area contributed by atoms with Gasteiger partial charge in [0.05, 0.1) is 24.5 Å². The molecule has 0 saturated heterocycles. The van der Waals surface area contributed by atoms with Crippen molar-refractivity contribution < 1.29 is 14.3 Å². The number of aromatic nitrogens is 2. The van der Waals surface area contributed by atoms with E-state index in [1.54, 1.807) is 19.1 Å². The molecular weight excluding hydrogens is 424 g/mol. The molecule has 10 heteroatoms. The minimum absolute atomic E-state index is 0.0280. The van der Waals surface area contributed by atoms with Crippen LogP contribution in [0.15, 0.2) is 26.8 Å². The van der Waals surface area contributed by atoms with Crippen LogP contribution in [0.5, 0.6) is 11.5 Å². The molecule has 0 aliphatic carbocycles. The molecule has 3 N–H and O–H groups in total. The number of benzene rings is 1. The lowest BCUT2D eigenvalue weighted by molar-refractivity contribution is -0.121. The zero-order valence-corrected chi connectivity index (χ0v) is 18.8. The number of rotatable bonds is 10. The lowest BCUT2D eigenvalue weighted by Gasteiger charge is -2.15. The van der Waals surface area contributed by atoms with Crippen LogP contribution in [0.25, 0.3) is 0 Å². The van der Waals surface area contributed by atoms with Gasteiger partial charge in [-0.15, -0.1) is 0 Å². The van der Waals surface area contributed by atoms with Crippen molar-refractivity contribution in [3.05, 3.63) is 54.8 Å². The summed E-state index contributed by atoms with van der Waals surface area (Å²) < 4.78 is 11.4. The van der Waals surface area contributed by atoms with E-state index in [9.17, 15) is 14.4 Å². The minimum Gasteiger partial charge on any atom is -0.490 e. The van der Waals surface area contributed by atoms with Gasteiger partial charge < -0.3 is 14.5 Å². The molecule has 0 spiro atoms. The van der Waals surface area contributed by atoms with Gasteiger partial charge in [-0.1, -0.05) is 25.4 Å². The summed E-state index contributed by atoms with van der Waals surface area (Å²) in [5.41, 5.74) is 2.73. The standard InChI is InChI=1S/C21H27ClN4O5/c1-5-30-17-9-14(8-16(22)19(17)31-11-12(2)3)10-23-26-18(27)7-6-15-13(4)24-21(29)25-20(15)28/h8-10,12H,5-7,11H2,1-4H3,(H,26,27)(H2,24,25,28,29)/b23-10+. The van der Waals surface area contributed by atoms with Crippen LogP contribution in [0.2, 0.25) is 5.02 Å². The van der Waals surface area contributed by atoms with Crippen molar-refractivity contribution in [1.82, 2.24) is 15.4 Å². The van der Waals surface area contributed by atoms with Crippen molar-refractivity contribution in [1.29, 1.82) is 0 Å². The Morgan fingerprint density at radius 3 is 2.65 bits per heavy atom. The monoisotopic (exact) mass is 450 g/mol. The first-order valence-corrected chi connectivity index (χ1v) is 10.3. The van der Waals surface area contributed by atoms with Gasteiger partial charge in [0.15, 0.2) is 11.5 Å². The Morgan fingerprint density at radius 1 is 1.26 bits per heavy atom. The highest BCUT2D eigenvalue weighted by Crippen LogP contribution is 2.36. The number of aromatic amines is 2. The molecule has 1 heterocycles. The minimum atomic E-state index is -0.578. The summed E-state index contributed by atoms with van der Waals surface area (Å²) in [4.78, 5) is 39.8. The normalized spacial score (nSPS) is 11.2. The Bertz CT molecular complexity index is 1060. The summed E-state index contributed by atoms with van der Waals surface area (Å²) in [6.45, 7) is 8.47. The van der Waals surface area contributed by atoms with E-state index < -0.39 is 11.2 Å². The summed E-state index contributed by atoms with van der Waals surface area (Å²) in [5.74, 6) is 0.919. The fourth-order valence-electron chi connectivity index (χ4n) is 2.72. The number of hydrazone groups is 1. The number of hydrogen-bond acceptors (Lipinski definition) is 6. The second-order valence-corrected chi connectivity index (χ2v) is 7.68. The molecule has 2 rings (SSSR count). The second-order valence-electron chi connectivity index (χ2n) is 7.27. The van der Waals surface area contributed by atoms with Crippen molar-refractivity contribution in [3.63, 3.8) is 0 Å². The van der Waals surface area contributed by atoms with Gasteiger partial charge in [-0.05, 0) is 43.9 Å². The molecule has 0 unspecified atom stereocenters. The zero-order chi connectivity index (χ0) is 23.0. The zero-order valence-electron chi connectivity index (χ0n) is 18.0. The van der Waals surface area contributed by atoms with E-state index in [4.69, 9.17) is 21.1 Å². The Kier molecular flexibility index (Phi) is 8.87. The van der Waals surface area contributed by atoms with Gasteiger partial charge in [-0.25, -0.2) is 10.2 Å². The molecule has 1 aromatic heterocycles. The molecule has 0 radical (unpaired) electrons. The second kappa shape index (κ2) is 11.4. The Balaban J connectivity index is 2.02. The van der Waals surface area contributed by atoms with Gasteiger partial charge in [-0.2, -0.15) is 5.10 Å². The maximum atomic E-state index is 12.1. The van der Waals surface area contributed by atoms with Gasteiger partial charge in [0, 0.05) is 17.7 Å². The molecule has 9 nitrogen and oxygen atoms in total. The van der Waals surface area contributed by atoms with Gasteiger partial charge in [0.2, 0.25) is 5.91 Å². The fourth-order valence-corrected chi connectivity index (χ4v) is 2.99. The van der Waals surface area contributed by atoms with Gasteiger partial charge in [0.1, 0.15) is 0 Å². The van der Waals surface area contributed by atoms with E-state index >= 15 is 0 Å². The van der Waals surface area contributed by atoms with Gasteiger partial charge in [0.25, 0.3) is 5.56 Å². The summed E-state index contributed by atoms with van der Waals surface area (Å²) in [6.07, 6.45) is 1.64. The van der Waals surface area contributed by atoms with E-state index in [0.29, 0.717) is 52.5 Å². The van der Waals surface area contributed by atoms with Crippen LogP contribution >= 0.6 is 11.6 Å². The average Bonchev–Trinajstić information content (AvgIpc) is 2.66. The molecule has 1 aromatic carbocycles. The first-order chi connectivity index (χ1) is 14.7. The third-order valence-electron chi connectivity index (χ3n) is 4.15. The number of carbonyl (C=O) groups is 1. The van der Waals surface area contributed by atoms with Crippen LogP contribution in [-0.4, -0.2) is 35.3 Å². The van der Waals surface area contributed by atoms with Crippen molar-refractivity contribution >= 4 is 23.7 Å². The number of nitrogens with one attached hydrogen (secondary N) is 3. The van der Waals surface area contributed by atoms with Crippen molar-refractivity contribution in [3.8, 4) is 11.5 Å². The molecule has 1 amide bonds. The number of H-pyrrole nitrogens is 2. The molecule has 168 valence electrons. The van der Waals surface area contributed by atoms with E-state index in [1.165, 1.54) is 6.21 Å². The summed E-state index contributed by atoms with van der Waals surface area (Å²) in [6, 6.07) is 3.39. The molecular formula is C21H27ClN4O5.